The number of rotatable bonds is 6. The topological polar surface area (TPSA) is 57.4 Å². The van der Waals surface area contributed by atoms with Gasteiger partial charge in [0.05, 0.1) is 0 Å². The molecule has 8 heteroatoms. The van der Waals surface area contributed by atoms with Crippen molar-refractivity contribution in [2.24, 2.45) is 0 Å². The average Bonchev–Trinajstić information content (AvgIpc) is 2.47. The van der Waals surface area contributed by atoms with E-state index in [0.29, 0.717) is 15.2 Å². The van der Waals surface area contributed by atoms with Crippen molar-refractivity contribution in [1.29, 1.82) is 0 Å². The van der Waals surface area contributed by atoms with Gasteiger partial charge in [0, 0.05) is 30.5 Å². The summed E-state index contributed by atoms with van der Waals surface area (Å²) in [5.74, 6) is 0. The highest BCUT2D eigenvalue weighted by Gasteiger charge is 1.99. The van der Waals surface area contributed by atoms with E-state index in [0.717, 1.165) is 31.9 Å². The third-order valence-electron chi connectivity index (χ3n) is 2.35. The van der Waals surface area contributed by atoms with E-state index in [1.807, 2.05) is 19.1 Å². The summed E-state index contributed by atoms with van der Waals surface area (Å²) in [4.78, 5) is 0. The molecule has 0 unspecified atom stereocenters. The zero-order chi connectivity index (χ0) is 15.5. The zero-order valence-electron chi connectivity index (χ0n) is 11.7. The standard InChI is InChI=1S/C13H19ClN4OS2/c1-2-19-9-3-8-15-12(20)17-18-13(21)16-11-6-4-10(14)5-7-11/h4-7H,2-3,8-9H2,1H3,(H2,15,17,20)(H2,16,18,21). The second-order valence-corrected chi connectivity index (χ2v) is 5.27. The Morgan fingerprint density at radius 1 is 1.14 bits per heavy atom. The summed E-state index contributed by atoms with van der Waals surface area (Å²) in [5.41, 5.74) is 6.45. The lowest BCUT2D eigenvalue weighted by molar-refractivity contribution is 0.145. The lowest BCUT2D eigenvalue weighted by Gasteiger charge is -2.14. The first-order valence-electron chi connectivity index (χ1n) is 6.56. The summed E-state index contributed by atoms with van der Waals surface area (Å²) in [5, 5.41) is 7.61. The Morgan fingerprint density at radius 3 is 2.48 bits per heavy atom. The van der Waals surface area contributed by atoms with Crippen molar-refractivity contribution in [2.45, 2.75) is 13.3 Å². The molecule has 0 amide bonds. The van der Waals surface area contributed by atoms with E-state index in [4.69, 9.17) is 40.8 Å². The lowest BCUT2D eigenvalue weighted by Crippen LogP contribution is -2.48. The van der Waals surface area contributed by atoms with Crippen molar-refractivity contribution in [1.82, 2.24) is 16.2 Å². The highest BCUT2D eigenvalue weighted by molar-refractivity contribution is 7.80. The second kappa shape index (κ2) is 10.6. The minimum Gasteiger partial charge on any atom is -0.382 e. The van der Waals surface area contributed by atoms with Crippen molar-refractivity contribution in [3.8, 4) is 0 Å². The van der Waals surface area contributed by atoms with Crippen molar-refractivity contribution in [3.05, 3.63) is 29.3 Å². The third-order valence-corrected chi connectivity index (χ3v) is 3.05. The van der Waals surface area contributed by atoms with Gasteiger partial charge in [0.1, 0.15) is 0 Å². The minimum atomic E-state index is 0.413. The first kappa shape index (κ1) is 17.9. The van der Waals surface area contributed by atoms with Gasteiger partial charge in [-0.05, 0) is 62.0 Å². The van der Waals surface area contributed by atoms with Gasteiger partial charge in [0.15, 0.2) is 10.2 Å². The van der Waals surface area contributed by atoms with E-state index in [1.54, 1.807) is 12.1 Å². The molecule has 0 aliphatic rings. The van der Waals surface area contributed by atoms with Crippen molar-refractivity contribution in [2.75, 3.05) is 25.1 Å². The molecule has 1 rings (SSSR count). The molecule has 1 aromatic carbocycles. The number of anilines is 1. The molecule has 0 spiro atoms. The predicted octanol–water partition coefficient (Wildman–Crippen LogP) is 2.43. The van der Waals surface area contributed by atoms with Gasteiger partial charge in [0.2, 0.25) is 0 Å². The second-order valence-electron chi connectivity index (χ2n) is 4.02. The Balaban J connectivity index is 2.14. The summed E-state index contributed by atoms with van der Waals surface area (Å²) in [7, 11) is 0. The summed E-state index contributed by atoms with van der Waals surface area (Å²) < 4.78 is 5.23. The molecule has 0 atom stereocenters. The fraction of sp³-hybridized carbons (Fsp3) is 0.385. The summed E-state index contributed by atoms with van der Waals surface area (Å²) in [6.45, 7) is 4.16. The minimum absolute atomic E-state index is 0.413. The van der Waals surface area contributed by atoms with Gasteiger partial charge in [0.25, 0.3) is 0 Å². The summed E-state index contributed by atoms with van der Waals surface area (Å²) >= 11 is 16.0. The summed E-state index contributed by atoms with van der Waals surface area (Å²) in [6, 6.07) is 7.23. The fourth-order valence-corrected chi connectivity index (χ4v) is 1.82. The van der Waals surface area contributed by atoms with E-state index >= 15 is 0 Å². The Kier molecular flexibility index (Phi) is 9.00. The van der Waals surface area contributed by atoms with Crippen LogP contribution in [0, 0.1) is 0 Å². The highest BCUT2D eigenvalue weighted by Crippen LogP contribution is 2.12. The van der Waals surface area contributed by atoms with Crippen LogP contribution in [0.15, 0.2) is 24.3 Å². The molecule has 0 aliphatic heterocycles. The van der Waals surface area contributed by atoms with Crippen LogP contribution in [-0.2, 0) is 4.74 Å². The molecule has 0 saturated carbocycles. The number of hydrogen-bond acceptors (Lipinski definition) is 3. The van der Waals surface area contributed by atoms with Gasteiger partial charge in [-0.3, -0.25) is 10.9 Å². The molecule has 0 fully saturated rings. The Bertz CT molecular complexity index is 456. The maximum absolute atomic E-state index is 5.81. The van der Waals surface area contributed by atoms with Crippen LogP contribution in [0.4, 0.5) is 5.69 Å². The normalized spacial score (nSPS) is 9.81. The van der Waals surface area contributed by atoms with Gasteiger partial charge >= 0.3 is 0 Å². The molecule has 4 N–H and O–H groups in total. The van der Waals surface area contributed by atoms with E-state index < -0.39 is 0 Å². The number of thiocarbonyl (C=S) groups is 2. The lowest BCUT2D eigenvalue weighted by atomic mass is 10.3. The number of benzene rings is 1. The van der Waals surface area contributed by atoms with Gasteiger partial charge < -0.3 is 15.4 Å². The Labute approximate surface area is 140 Å². The SMILES string of the molecule is CCOCCCNC(=S)NNC(=S)Nc1ccc(Cl)cc1. The molecule has 0 saturated heterocycles. The van der Waals surface area contributed by atoms with E-state index in [-0.39, 0.29) is 0 Å². The van der Waals surface area contributed by atoms with Crippen molar-refractivity contribution >= 4 is 51.9 Å². The maximum Gasteiger partial charge on any atom is 0.189 e. The smallest absolute Gasteiger partial charge is 0.189 e. The van der Waals surface area contributed by atoms with Crippen LogP contribution in [0.3, 0.4) is 0 Å². The van der Waals surface area contributed by atoms with Crippen LogP contribution in [0.5, 0.6) is 0 Å². The molecule has 0 aliphatic carbocycles. The predicted molar refractivity (Wildman–Crippen MR) is 95.7 cm³/mol. The number of halogens is 1. The monoisotopic (exact) mass is 346 g/mol. The molecule has 0 heterocycles. The van der Waals surface area contributed by atoms with E-state index in [2.05, 4.69) is 21.5 Å². The Hall–Kier alpha value is -1.15. The van der Waals surface area contributed by atoms with Gasteiger partial charge in [-0.1, -0.05) is 11.6 Å². The number of nitrogens with one attached hydrogen (secondary N) is 4. The van der Waals surface area contributed by atoms with Crippen LogP contribution in [0.1, 0.15) is 13.3 Å². The van der Waals surface area contributed by atoms with Crippen LogP contribution in [0.25, 0.3) is 0 Å². The zero-order valence-corrected chi connectivity index (χ0v) is 14.1. The third kappa shape index (κ3) is 8.67. The van der Waals surface area contributed by atoms with Gasteiger partial charge in [-0.25, -0.2) is 0 Å². The molecule has 5 nitrogen and oxygen atoms in total. The van der Waals surface area contributed by atoms with Crippen molar-refractivity contribution < 1.29 is 4.74 Å². The van der Waals surface area contributed by atoms with E-state index in [1.165, 1.54) is 0 Å². The molecule has 1 aromatic rings. The first-order valence-corrected chi connectivity index (χ1v) is 7.75. The molecule has 0 radical (unpaired) electrons. The summed E-state index contributed by atoms with van der Waals surface area (Å²) in [6.07, 6.45) is 0.892. The van der Waals surface area contributed by atoms with Crippen LogP contribution in [-0.4, -0.2) is 30.0 Å². The number of ether oxygens (including phenoxy) is 1. The maximum atomic E-state index is 5.81. The molecule has 21 heavy (non-hydrogen) atoms. The largest absolute Gasteiger partial charge is 0.382 e. The van der Waals surface area contributed by atoms with Crippen LogP contribution >= 0.6 is 36.0 Å². The van der Waals surface area contributed by atoms with Crippen LogP contribution < -0.4 is 21.5 Å². The van der Waals surface area contributed by atoms with E-state index in [9.17, 15) is 0 Å². The van der Waals surface area contributed by atoms with Gasteiger partial charge in [-0.15, -0.1) is 0 Å². The number of hydrazine groups is 1. The fourth-order valence-electron chi connectivity index (χ4n) is 1.37. The quantitative estimate of drug-likeness (QED) is 0.358. The first-order chi connectivity index (χ1) is 10.1. The average molecular weight is 347 g/mol. The molecular formula is C13H19ClN4OS2. The molecule has 0 bridgehead atoms. The number of hydrogen-bond donors (Lipinski definition) is 4. The van der Waals surface area contributed by atoms with Crippen LogP contribution in [0.2, 0.25) is 5.02 Å². The van der Waals surface area contributed by atoms with Crippen molar-refractivity contribution in [3.63, 3.8) is 0 Å². The van der Waals surface area contributed by atoms with Gasteiger partial charge in [-0.2, -0.15) is 0 Å². The Morgan fingerprint density at radius 2 is 1.81 bits per heavy atom. The molecule has 0 aromatic heterocycles. The molecule has 116 valence electrons. The highest BCUT2D eigenvalue weighted by atomic mass is 35.5. The molecular weight excluding hydrogens is 328 g/mol.